The smallest absolute Gasteiger partial charge is 0.338 e. The topological polar surface area (TPSA) is 98.5 Å². The summed E-state index contributed by atoms with van der Waals surface area (Å²) in [6.45, 7) is 1.82. The van der Waals surface area contributed by atoms with Gasteiger partial charge < -0.3 is 10.1 Å². The predicted octanol–water partition coefficient (Wildman–Crippen LogP) is 3.38. The molecule has 128 valence electrons. The predicted molar refractivity (Wildman–Crippen MR) is 92.6 cm³/mol. The van der Waals surface area contributed by atoms with Gasteiger partial charge in [0.25, 0.3) is 5.69 Å². The number of nitrogens with one attached hydrogen (secondary N) is 1. The molecule has 1 aliphatic rings. The van der Waals surface area contributed by atoms with Gasteiger partial charge in [-0.05, 0) is 42.8 Å². The minimum atomic E-state index is -0.529. The maximum absolute atomic E-state index is 12.2. The highest BCUT2D eigenvalue weighted by molar-refractivity contribution is 8.00. The van der Waals surface area contributed by atoms with Crippen molar-refractivity contribution >= 4 is 35.0 Å². The van der Waals surface area contributed by atoms with E-state index in [9.17, 15) is 19.7 Å². The summed E-state index contributed by atoms with van der Waals surface area (Å²) in [6, 6.07) is 10.8. The van der Waals surface area contributed by atoms with Gasteiger partial charge in [-0.2, -0.15) is 0 Å². The first kappa shape index (κ1) is 17.0. The number of amides is 1. The van der Waals surface area contributed by atoms with Crippen LogP contribution in [0.25, 0.3) is 0 Å². The van der Waals surface area contributed by atoms with Gasteiger partial charge in [-0.25, -0.2) is 4.79 Å². The average molecular weight is 358 g/mol. The average Bonchev–Trinajstić information content (AvgIpc) is 2.60. The van der Waals surface area contributed by atoms with Crippen LogP contribution >= 0.6 is 11.8 Å². The monoisotopic (exact) mass is 358 g/mol. The van der Waals surface area contributed by atoms with Gasteiger partial charge in [0.05, 0.1) is 21.4 Å². The Morgan fingerprint density at radius 1 is 1.28 bits per heavy atom. The third-order valence-electron chi connectivity index (χ3n) is 3.66. The van der Waals surface area contributed by atoms with Crippen molar-refractivity contribution in [2.75, 3.05) is 5.32 Å². The lowest BCUT2D eigenvalue weighted by atomic mass is 10.2. The molecule has 1 amide bonds. The second-order valence-electron chi connectivity index (χ2n) is 5.46. The molecule has 0 aromatic heterocycles. The fourth-order valence-electron chi connectivity index (χ4n) is 2.28. The molecule has 7 nitrogen and oxygen atoms in total. The molecule has 0 saturated carbocycles. The minimum Gasteiger partial charge on any atom is -0.457 e. The number of benzene rings is 2. The van der Waals surface area contributed by atoms with Crippen LogP contribution in [0.4, 0.5) is 11.4 Å². The van der Waals surface area contributed by atoms with Crippen LogP contribution < -0.4 is 5.32 Å². The number of rotatable bonds is 4. The number of nitro benzene ring substituents is 1. The summed E-state index contributed by atoms with van der Waals surface area (Å²) in [5.74, 6) is -0.632. The minimum absolute atomic E-state index is 0.00601. The number of thioether (sulfide) groups is 1. The summed E-state index contributed by atoms with van der Waals surface area (Å²) in [5.41, 5.74) is 1.55. The molecule has 0 spiro atoms. The first-order chi connectivity index (χ1) is 11.9. The molecule has 8 heteroatoms. The van der Waals surface area contributed by atoms with E-state index in [2.05, 4.69) is 5.32 Å². The molecule has 1 unspecified atom stereocenters. The van der Waals surface area contributed by atoms with Crippen LogP contribution in [0, 0.1) is 10.1 Å². The summed E-state index contributed by atoms with van der Waals surface area (Å²) in [7, 11) is 0. The number of hydrogen-bond donors (Lipinski definition) is 1. The van der Waals surface area contributed by atoms with Crippen molar-refractivity contribution in [3.63, 3.8) is 0 Å². The van der Waals surface area contributed by atoms with Gasteiger partial charge in [0.1, 0.15) is 6.61 Å². The second-order valence-corrected chi connectivity index (χ2v) is 6.84. The molecule has 1 aliphatic heterocycles. The Bertz CT molecular complexity index is 851. The Morgan fingerprint density at radius 2 is 2.00 bits per heavy atom. The van der Waals surface area contributed by atoms with Crippen molar-refractivity contribution in [1.29, 1.82) is 0 Å². The number of non-ortho nitro benzene ring substituents is 1. The number of anilines is 1. The maximum Gasteiger partial charge on any atom is 0.338 e. The summed E-state index contributed by atoms with van der Waals surface area (Å²) in [6.07, 6.45) is 0. The fourth-order valence-corrected chi connectivity index (χ4v) is 3.21. The zero-order valence-electron chi connectivity index (χ0n) is 13.2. The van der Waals surface area contributed by atoms with E-state index in [1.807, 2.05) is 6.92 Å². The van der Waals surface area contributed by atoms with E-state index < -0.39 is 10.9 Å². The second kappa shape index (κ2) is 6.94. The van der Waals surface area contributed by atoms with Crippen LogP contribution in [0.5, 0.6) is 0 Å². The van der Waals surface area contributed by atoms with Crippen LogP contribution in [0.15, 0.2) is 47.4 Å². The number of fused-ring (bicyclic) bond motifs is 1. The van der Waals surface area contributed by atoms with E-state index >= 15 is 0 Å². The van der Waals surface area contributed by atoms with E-state index in [1.54, 1.807) is 18.2 Å². The summed E-state index contributed by atoms with van der Waals surface area (Å²) < 4.78 is 5.23. The fraction of sp³-hybridized carbons (Fsp3) is 0.176. The lowest BCUT2D eigenvalue weighted by Gasteiger charge is -2.21. The van der Waals surface area contributed by atoms with Crippen LogP contribution in [-0.4, -0.2) is 22.0 Å². The molecule has 0 saturated heterocycles. The van der Waals surface area contributed by atoms with Crippen molar-refractivity contribution in [2.24, 2.45) is 0 Å². The Labute approximate surface area is 147 Å². The zero-order chi connectivity index (χ0) is 18.0. The third kappa shape index (κ3) is 3.80. The van der Waals surface area contributed by atoms with Crippen molar-refractivity contribution in [1.82, 2.24) is 0 Å². The number of carbonyl (C=O) groups excluding carboxylic acids is 2. The molecule has 0 radical (unpaired) electrons. The standard InChI is InChI=1S/C17H14N2O5S/c1-10-16(20)18-14-8-12(4-7-15(14)25-10)17(21)24-9-11-2-5-13(6-3-11)19(22)23/h2-8,10H,9H2,1H3,(H,18,20). The van der Waals surface area contributed by atoms with Gasteiger partial charge in [-0.1, -0.05) is 0 Å². The van der Waals surface area contributed by atoms with Crippen LogP contribution in [0.2, 0.25) is 0 Å². The molecule has 1 atom stereocenters. The Morgan fingerprint density at radius 3 is 2.68 bits per heavy atom. The highest BCUT2D eigenvalue weighted by Crippen LogP contribution is 2.36. The Hall–Kier alpha value is -2.87. The third-order valence-corrected chi connectivity index (χ3v) is 4.84. The maximum atomic E-state index is 12.2. The molecule has 1 N–H and O–H groups in total. The summed E-state index contributed by atoms with van der Waals surface area (Å²) in [4.78, 5) is 34.9. The number of ether oxygens (including phenoxy) is 1. The highest BCUT2D eigenvalue weighted by Gasteiger charge is 2.24. The largest absolute Gasteiger partial charge is 0.457 e. The van der Waals surface area contributed by atoms with Gasteiger partial charge >= 0.3 is 5.97 Å². The Kier molecular flexibility index (Phi) is 4.71. The van der Waals surface area contributed by atoms with Crippen molar-refractivity contribution in [3.8, 4) is 0 Å². The molecule has 0 fully saturated rings. The van der Waals surface area contributed by atoms with Crippen LogP contribution in [0.3, 0.4) is 0 Å². The van der Waals surface area contributed by atoms with Crippen molar-refractivity contribution in [2.45, 2.75) is 23.7 Å². The van der Waals surface area contributed by atoms with Gasteiger partial charge in [-0.15, -0.1) is 11.8 Å². The SMILES string of the molecule is CC1Sc2ccc(C(=O)OCc3ccc([N+](=O)[O-])cc3)cc2NC1=O. The summed E-state index contributed by atoms with van der Waals surface area (Å²) >= 11 is 1.44. The van der Waals surface area contributed by atoms with Crippen LogP contribution in [-0.2, 0) is 16.1 Å². The lowest BCUT2D eigenvalue weighted by molar-refractivity contribution is -0.384. The van der Waals surface area contributed by atoms with Gasteiger partial charge in [0, 0.05) is 17.0 Å². The molecule has 0 aliphatic carbocycles. The number of carbonyl (C=O) groups is 2. The molecule has 2 aromatic rings. The highest BCUT2D eigenvalue weighted by atomic mass is 32.2. The van der Waals surface area contributed by atoms with E-state index in [4.69, 9.17) is 4.74 Å². The van der Waals surface area contributed by atoms with E-state index in [-0.39, 0.29) is 23.5 Å². The molecule has 1 heterocycles. The molecule has 0 bridgehead atoms. The van der Waals surface area contributed by atoms with Crippen molar-refractivity contribution < 1.29 is 19.2 Å². The summed E-state index contributed by atoms with van der Waals surface area (Å²) in [5, 5.41) is 13.2. The Balaban J connectivity index is 1.66. The first-order valence-electron chi connectivity index (χ1n) is 7.46. The lowest BCUT2D eigenvalue weighted by Crippen LogP contribution is -2.26. The van der Waals surface area contributed by atoms with E-state index in [1.165, 1.54) is 36.0 Å². The van der Waals surface area contributed by atoms with Crippen molar-refractivity contribution in [3.05, 3.63) is 63.7 Å². The van der Waals surface area contributed by atoms with E-state index in [0.717, 1.165) is 4.90 Å². The quantitative estimate of drug-likeness (QED) is 0.511. The molecule has 3 rings (SSSR count). The molecular formula is C17H14N2O5S. The number of nitrogens with zero attached hydrogens (tertiary/aromatic N) is 1. The van der Waals surface area contributed by atoms with E-state index in [0.29, 0.717) is 16.8 Å². The zero-order valence-corrected chi connectivity index (χ0v) is 14.0. The van der Waals surface area contributed by atoms with Gasteiger partial charge in [-0.3, -0.25) is 14.9 Å². The molecule has 25 heavy (non-hydrogen) atoms. The first-order valence-corrected chi connectivity index (χ1v) is 8.34. The van der Waals surface area contributed by atoms with Crippen LogP contribution in [0.1, 0.15) is 22.8 Å². The number of nitro groups is 1. The van der Waals surface area contributed by atoms with Gasteiger partial charge in [0.2, 0.25) is 5.91 Å². The number of esters is 1. The molecule has 2 aromatic carbocycles. The molecular weight excluding hydrogens is 344 g/mol. The normalized spacial score (nSPS) is 15.9. The number of hydrogen-bond acceptors (Lipinski definition) is 6. The van der Waals surface area contributed by atoms with Gasteiger partial charge in [0.15, 0.2) is 0 Å².